The van der Waals surface area contributed by atoms with E-state index < -0.39 is 0 Å². The third-order valence-corrected chi connectivity index (χ3v) is 3.75. The summed E-state index contributed by atoms with van der Waals surface area (Å²) in [5.74, 6) is 0.430. The molecule has 1 amide bonds. The van der Waals surface area contributed by atoms with Crippen molar-refractivity contribution >= 4 is 11.7 Å². The number of nitrogen functional groups attached to an aromatic ring is 1. The molecule has 2 rings (SSSR count). The number of amides is 1. The van der Waals surface area contributed by atoms with E-state index in [1.165, 1.54) is 4.68 Å². The second-order valence-electron chi connectivity index (χ2n) is 4.86. The van der Waals surface area contributed by atoms with E-state index in [4.69, 9.17) is 5.73 Å². The van der Waals surface area contributed by atoms with Gasteiger partial charge < -0.3 is 10.6 Å². The van der Waals surface area contributed by atoms with E-state index in [2.05, 4.69) is 24.0 Å². The third kappa shape index (κ3) is 2.20. The summed E-state index contributed by atoms with van der Waals surface area (Å²) in [6, 6.07) is 0.431. The number of aryl methyl sites for hydroxylation is 1. The summed E-state index contributed by atoms with van der Waals surface area (Å²) in [7, 11) is 3.85. The van der Waals surface area contributed by atoms with Crippen molar-refractivity contribution in [2.45, 2.75) is 19.4 Å². The Balaban J connectivity index is 2.12. The molecule has 6 nitrogen and oxygen atoms in total. The number of carbonyl (C=O) groups is 1. The van der Waals surface area contributed by atoms with Crippen LogP contribution in [-0.4, -0.2) is 58.2 Å². The molecular weight excluding hydrogens is 230 g/mol. The molecule has 100 valence electrons. The summed E-state index contributed by atoms with van der Waals surface area (Å²) in [6.07, 6.45) is 2.60. The van der Waals surface area contributed by atoms with Gasteiger partial charge in [-0.15, -0.1) is 0 Å². The van der Waals surface area contributed by atoms with Gasteiger partial charge in [-0.05, 0) is 13.5 Å². The number of hydrogen-bond acceptors (Lipinski definition) is 4. The monoisotopic (exact) mass is 251 g/mol. The van der Waals surface area contributed by atoms with Crippen LogP contribution >= 0.6 is 0 Å². The van der Waals surface area contributed by atoms with Gasteiger partial charge in [0.05, 0.1) is 6.20 Å². The summed E-state index contributed by atoms with van der Waals surface area (Å²) in [5, 5.41) is 4.02. The predicted octanol–water partition coefficient (Wildman–Crippen LogP) is 0.169. The molecule has 18 heavy (non-hydrogen) atoms. The second kappa shape index (κ2) is 4.97. The van der Waals surface area contributed by atoms with Crippen molar-refractivity contribution in [3.8, 4) is 0 Å². The highest BCUT2D eigenvalue weighted by molar-refractivity contribution is 5.98. The number of rotatable bonds is 2. The molecular formula is C12H21N5O. The number of hydrogen-bond donors (Lipinski definition) is 1. The minimum Gasteiger partial charge on any atom is -0.383 e. The molecule has 1 aromatic rings. The minimum absolute atomic E-state index is 0.00727. The van der Waals surface area contributed by atoms with Gasteiger partial charge in [0.1, 0.15) is 11.4 Å². The number of aromatic nitrogens is 2. The molecule has 1 fully saturated rings. The van der Waals surface area contributed by atoms with Gasteiger partial charge in [-0.1, -0.05) is 6.92 Å². The van der Waals surface area contributed by atoms with Crippen LogP contribution in [0.5, 0.6) is 0 Å². The van der Waals surface area contributed by atoms with Crippen LogP contribution in [0.3, 0.4) is 0 Å². The number of nitrogens with two attached hydrogens (primary N) is 1. The Bertz CT molecular complexity index is 442. The van der Waals surface area contributed by atoms with Gasteiger partial charge in [0.15, 0.2) is 0 Å². The Hall–Kier alpha value is -1.56. The topological polar surface area (TPSA) is 67.4 Å². The maximum atomic E-state index is 12.4. The lowest BCUT2D eigenvalue weighted by Crippen LogP contribution is -2.53. The first-order valence-corrected chi connectivity index (χ1v) is 6.31. The van der Waals surface area contributed by atoms with Crippen LogP contribution in [0.15, 0.2) is 6.20 Å². The van der Waals surface area contributed by atoms with E-state index in [9.17, 15) is 4.79 Å². The van der Waals surface area contributed by atoms with Gasteiger partial charge >= 0.3 is 0 Å². The minimum atomic E-state index is -0.00727. The zero-order valence-corrected chi connectivity index (χ0v) is 11.3. The van der Waals surface area contributed by atoms with E-state index in [0.29, 0.717) is 17.4 Å². The third-order valence-electron chi connectivity index (χ3n) is 3.75. The lowest BCUT2D eigenvalue weighted by molar-refractivity contribution is 0.0543. The van der Waals surface area contributed by atoms with E-state index in [1.807, 2.05) is 4.90 Å². The summed E-state index contributed by atoms with van der Waals surface area (Å²) in [5.41, 5.74) is 6.36. The Kier molecular flexibility index (Phi) is 3.56. The first-order valence-electron chi connectivity index (χ1n) is 6.31. The largest absolute Gasteiger partial charge is 0.383 e. The standard InChI is InChI=1S/C12H21N5O/c1-4-9-8-17(6-5-15(9)2)12(18)10-7-14-16(3)11(10)13/h7,9H,4-6,8,13H2,1-3H3. The van der Waals surface area contributed by atoms with Crippen molar-refractivity contribution < 1.29 is 4.79 Å². The van der Waals surface area contributed by atoms with Crippen LogP contribution in [0.2, 0.25) is 0 Å². The fourth-order valence-electron chi connectivity index (χ4n) is 2.35. The maximum absolute atomic E-state index is 12.4. The normalized spacial score (nSPS) is 21.3. The molecule has 0 radical (unpaired) electrons. The average molecular weight is 251 g/mol. The van der Waals surface area contributed by atoms with Crippen molar-refractivity contribution in [2.24, 2.45) is 7.05 Å². The van der Waals surface area contributed by atoms with Crippen molar-refractivity contribution in [1.82, 2.24) is 19.6 Å². The molecule has 2 N–H and O–H groups in total. The molecule has 0 saturated carbocycles. The summed E-state index contributed by atoms with van der Waals surface area (Å²) in [4.78, 5) is 16.6. The first kappa shape index (κ1) is 12.9. The van der Waals surface area contributed by atoms with E-state index in [1.54, 1.807) is 13.2 Å². The highest BCUT2D eigenvalue weighted by Gasteiger charge is 2.28. The predicted molar refractivity (Wildman–Crippen MR) is 70.2 cm³/mol. The SMILES string of the molecule is CCC1CN(C(=O)c2cnn(C)c2N)CCN1C. The summed E-state index contributed by atoms with van der Waals surface area (Å²) in [6.45, 7) is 4.57. The molecule has 1 aliphatic rings. The molecule has 0 aliphatic carbocycles. The molecule has 0 aromatic carbocycles. The molecule has 2 heterocycles. The second-order valence-corrected chi connectivity index (χ2v) is 4.86. The van der Waals surface area contributed by atoms with E-state index in [-0.39, 0.29) is 5.91 Å². The highest BCUT2D eigenvalue weighted by Crippen LogP contribution is 2.17. The molecule has 1 atom stereocenters. The summed E-state index contributed by atoms with van der Waals surface area (Å²) >= 11 is 0. The van der Waals surface area contributed by atoms with Crippen LogP contribution < -0.4 is 5.73 Å². The first-order chi connectivity index (χ1) is 8.54. The van der Waals surface area contributed by atoms with Crippen LogP contribution in [0.4, 0.5) is 5.82 Å². The molecule has 0 spiro atoms. The van der Waals surface area contributed by atoms with Gasteiger partial charge in [-0.3, -0.25) is 14.4 Å². The van der Waals surface area contributed by atoms with Gasteiger partial charge in [0, 0.05) is 32.7 Å². The Labute approximate surface area is 107 Å². The van der Waals surface area contributed by atoms with Crippen LogP contribution in [0, 0.1) is 0 Å². The van der Waals surface area contributed by atoms with Crippen molar-refractivity contribution in [3.05, 3.63) is 11.8 Å². The van der Waals surface area contributed by atoms with E-state index >= 15 is 0 Å². The van der Waals surface area contributed by atoms with Crippen molar-refractivity contribution in [3.63, 3.8) is 0 Å². The van der Waals surface area contributed by atoms with Crippen LogP contribution in [0.1, 0.15) is 23.7 Å². The van der Waals surface area contributed by atoms with Crippen LogP contribution in [0.25, 0.3) is 0 Å². The number of piperazine rings is 1. The van der Waals surface area contributed by atoms with Gasteiger partial charge in [0.2, 0.25) is 0 Å². The van der Waals surface area contributed by atoms with Gasteiger partial charge in [0.25, 0.3) is 5.91 Å². The molecule has 1 aromatic heterocycles. The maximum Gasteiger partial charge on any atom is 0.259 e. The zero-order chi connectivity index (χ0) is 13.3. The number of anilines is 1. The number of likely N-dealkylation sites (N-methyl/N-ethyl adjacent to an activating group) is 1. The Morgan fingerprint density at radius 1 is 1.50 bits per heavy atom. The number of nitrogens with zero attached hydrogens (tertiary/aromatic N) is 4. The van der Waals surface area contributed by atoms with Gasteiger partial charge in [-0.2, -0.15) is 5.10 Å². The fraction of sp³-hybridized carbons (Fsp3) is 0.667. The quantitative estimate of drug-likeness (QED) is 0.813. The van der Waals surface area contributed by atoms with E-state index in [0.717, 1.165) is 26.1 Å². The van der Waals surface area contributed by atoms with Crippen molar-refractivity contribution in [2.75, 3.05) is 32.4 Å². The Morgan fingerprint density at radius 3 is 2.78 bits per heavy atom. The average Bonchev–Trinajstić information content (AvgIpc) is 2.70. The van der Waals surface area contributed by atoms with Crippen LogP contribution in [-0.2, 0) is 7.05 Å². The molecule has 1 saturated heterocycles. The summed E-state index contributed by atoms with van der Waals surface area (Å²) < 4.78 is 1.53. The lowest BCUT2D eigenvalue weighted by atomic mass is 10.1. The van der Waals surface area contributed by atoms with Crippen molar-refractivity contribution in [1.29, 1.82) is 0 Å². The zero-order valence-electron chi connectivity index (χ0n) is 11.3. The molecule has 0 bridgehead atoms. The fourth-order valence-corrected chi connectivity index (χ4v) is 2.35. The molecule has 1 unspecified atom stereocenters. The Morgan fingerprint density at radius 2 is 2.22 bits per heavy atom. The lowest BCUT2D eigenvalue weighted by Gasteiger charge is -2.39. The number of carbonyl (C=O) groups excluding carboxylic acids is 1. The molecule has 6 heteroatoms. The molecule has 1 aliphatic heterocycles. The smallest absolute Gasteiger partial charge is 0.259 e. The van der Waals surface area contributed by atoms with Gasteiger partial charge in [-0.25, -0.2) is 0 Å². The highest BCUT2D eigenvalue weighted by atomic mass is 16.2.